The Morgan fingerprint density at radius 1 is 1.25 bits per heavy atom. The van der Waals surface area contributed by atoms with Crippen LogP contribution in [0.15, 0.2) is 40.9 Å². The molecule has 0 heterocycles. The fourth-order valence-electron chi connectivity index (χ4n) is 1.96. The standard InChI is InChI=1S/C14H12BrCl2FN2/c15-11-7-9(18)5-4-8(11)6-13(20-19)10-2-1-3-12(16)14(10)17/h1-5,7,13,20H,6,19H2. The van der Waals surface area contributed by atoms with Crippen LogP contribution in [-0.4, -0.2) is 0 Å². The van der Waals surface area contributed by atoms with Crippen LogP contribution in [0.1, 0.15) is 17.2 Å². The second-order valence-electron chi connectivity index (χ2n) is 4.30. The average Bonchev–Trinajstić information content (AvgIpc) is 2.42. The van der Waals surface area contributed by atoms with E-state index in [4.69, 9.17) is 29.0 Å². The summed E-state index contributed by atoms with van der Waals surface area (Å²) in [6.45, 7) is 0. The molecule has 6 heteroatoms. The van der Waals surface area contributed by atoms with Gasteiger partial charge in [0.25, 0.3) is 0 Å². The molecule has 0 aliphatic heterocycles. The molecule has 0 bridgehead atoms. The van der Waals surface area contributed by atoms with Gasteiger partial charge in [0.2, 0.25) is 0 Å². The Morgan fingerprint density at radius 3 is 2.65 bits per heavy atom. The van der Waals surface area contributed by atoms with E-state index >= 15 is 0 Å². The van der Waals surface area contributed by atoms with Crippen LogP contribution in [0.5, 0.6) is 0 Å². The lowest BCUT2D eigenvalue weighted by Gasteiger charge is -2.19. The van der Waals surface area contributed by atoms with E-state index < -0.39 is 0 Å². The van der Waals surface area contributed by atoms with Crippen molar-refractivity contribution in [2.24, 2.45) is 5.84 Å². The predicted molar refractivity (Wildman–Crippen MR) is 84.3 cm³/mol. The number of benzene rings is 2. The first-order valence-electron chi connectivity index (χ1n) is 5.87. The zero-order chi connectivity index (χ0) is 14.7. The van der Waals surface area contributed by atoms with Crippen molar-refractivity contribution in [3.63, 3.8) is 0 Å². The molecule has 20 heavy (non-hydrogen) atoms. The number of nitrogens with two attached hydrogens (primary N) is 1. The van der Waals surface area contributed by atoms with Gasteiger partial charge in [-0.2, -0.15) is 0 Å². The first-order valence-corrected chi connectivity index (χ1v) is 7.41. The van der Waals surface area contributed by atoms with Gasteiger partial charge in [-0.3, -0.25) is 11.3 Å². The lowest BCUT2D eigenvalue weighted by molar-refractivity contribution is 0.550. The van der Waals surface area contributed by atoms with Crippen molar-refractivity contribution < 1.29 is 4.39 Å². The van der Waals surface area contributed by atoms with Gasteiger partial charge in [0.05, 0.1) is 16.1 Å². The minimum atomic E-state index is -0.293. The van der Waals surface area contributed by atoms with Gasteiger partial charge in [-0.25, -0.2) is 4.39 Å². The van der Waals surface area contributed by atoms with Crippen molar-refractivity contribution in [2.75, 3.05) is 0 Å². The molecule has 0 radical (unpaired) electrons. The maximum absolute atomic E-state index is 13.1. The maximum atomic E-state index is 13.1. The Kier molecular flexibility index (Phi) is 5.41. The first-order chi connectivity index (χ1) is 9.52. The molecule has 2 aromatic rings. The van der Waals surface area contributed by atoms with Crippen molar-refractivity contribution >= 4 is 39.1 Å². The Balaban J connectivity index is 2.31. The molecule has 3 N–H and O–H groups in total. The van der Waals surface area contributed by atoms with Crippen LogP contribution in [0.25, 0.3) is 0 Å². The number of hydrogen-bond donors (Lipinski definition) is 2. The van der Waals surface area contributed by atoms with Gasteiger partial charge in [0, 0.05) is 4.47 Å². The molecular formula is C14H12BrCl2FN2. The molecule has 106 valence electrons. The van der Waals surface area contributed by atoms with Crippen molar-refractivity contribution in [1.82, 2.24) is 5.43 Å². The molecule has 0 aliphatic carbocycles. The molecule has 0 amide bonds. The van der Waals surface area contributed by atoms with E-state index in [2.05, 4.69) is 21.4 Å². The van der Waals surface area contributed by atoms with Crippen LogP contribution in [0.4, 0.5) is 4.39 Å². The molecule has 1 unspecified atom stereocenters. The second-order valence-corrected chi connectivity index (χ2v) is 5.94. The van der Waals surface area contributed by atoms with Gasteiger partial charge in [-0.05, 0) is 35.7 Å². The third-order valence-electron chi connectivity index (χ3n) is 3.00. The molecule has 2 nitrogen and oxygen atoms in total. The van der Waals surface area contributed by atoms with Gasteiger partial charge >= 0.3 is 0 Å². The topological polar surface area (TPSA) is 38.0 Å². The molecule has 0 saturated carbocycles. The Bertz CT molecular complexity index is 622. The summed E-state index contributed by atoms with van der Waals surface area (Å²) in [5, 5.41) is 0.943. The molecule has 2 aromatic carbocycles. The molecule has 0 saturated heterocycles. The largest absolute Gasteiger partial charge is 0.271 e. The average molecular weight is 378 g/mol. The van der Waals surface area contributed by atoms with Gasteiger partial charge in [0.15, 0.2) is 0 Å². The SMILES string of the molecule is NNC(Cc1ccc(F)cc1Br)c1cccc(Cl)c1Cl. The van der Waals surface area contributed by atoms with Crippen molar-refractivity contribution in [2.45, 2.75) is 12.5 Å². The number of nitrogens with one attached hydrogen (secondary N) is 1. The van der Waals surface area contributed by atoms with Crippen LogP contribution in [0.2, 0.25) is 10.0 Å². The van der Waals surface area contributed by atoms with Crippen LogP contribution in [0, 0.1) is 5.82 Å². The van der Waals surface area contributed by atoms with E-state index in [-0.39, 0.29) is 11.9 Å². The Hall–Kier alpha value is -0.650. The zero-order valence-corrected chi connectivity index (χ0v) is 13.4. The summed E-state index contributed by atoms with van der Waals surface area (Å²) in [6, 6.07) is 9.71. The minimum Gasteiger partial charge on any atom is -0.271 e. The highest BCUT2D eigenvalue weighted by molar-refractivity contribution is 9.10. The second kappa shape index (κ2) is 6.87. The van der Waals surface area contributed by atoms with Gasteiger partial charge in [-0.1, -0.05) is 57.3 Å². The maximum Gasteiger partial charge on any atom is 0.124 e. The summed E-state index contributed by atoms with van der Waals surface area (Å²) in [5.41, 5.74) is 4.44. The van der Waals surface area contributed by atoms with Crippen LogP contribution in [0.3, 0.4) is 0 Å². The normalized spacial score (nSPS) is 12.4. The van der Waals surface area contributed by atoms with Crippen molar-refractivity contribution in [3.05, 3.63) is 67.9 Å². The molecule has 0 fully saturated rings. The summed E-state index contributed by atoms with van der Waals surface area (Å²) in [7, 11) is 0. The number of halogens is 4. The van der Waals surface area contributed by atoms with Gasteiger partial charge < -0.3 is 0 Å². The lowest BCUT2D eigenvalue weighted by atomic mass is 9.99. The molecular weight excluding hydrogens is 366 g/mol. The molecule has 0 spiro atoms. The van der Waals surface area contributed by atoms with Crippen molar-refractivity contribution in [3.8, 4) is 0 Å². The lowest BCUT2D eigenvalue weighted by Crippen LogP contribution is -2.30. The fourth-order valence-corrected chi connectivity index (χ4v) is 2.91. The Labute approximate surface area is 135 Å². The highest BCUT2D eigenvalue weighted by Crippen LogP contribution is 2.32. The summed E-state index contributed by atoms with van der Waals surface area (Å²) in [5.74, 6) is 5.32. The number of rotatable bonds is 4. The number of hydrogen-bond acceptors (Lipinski definition) is 2. The van der Waals surface area contributed by atoms with E-state index in [0.29, 0.717) is 20.9 Å². The zero-order valence-electron chi connectivity index (χ0n) is 10.3. The summed E-state index contributed by atoms with van der Waals surface area (Å²) in [4.78, 5) is 0. The molecule has 0 aromatic heterocycles. The highest BCUT2D eigenvalue weighted by Gasteiger charge is 2.17. The molecule has 0 aliphatic rings. The molecule has 2 rings (SSSR count). The fraction of sp³-hybridized carbons (Fsp3) is 0.143. The Morgan fingerprint density at radius 2 is 2.00 bits per heavy atom. The van der Waals surface area contributed by atoms with E-state index in [9.17, 15) is 4.39 Å². The predicted octanol–water partition coefficient (Wildman–Crippen LogP) is 4.64. The third-order valence-corrected chi connectivity index (χ3v) is 4.57. The summed E-state index contributed by atoms with van der Waals surface area (Å²) < 4.78 is 13.8. The molecule has 1 atom stereocenters. The minimum absolute atomic E-state index is 0.219. The smallest absolute Gasteiger partial charge is 0.124 e. The van der Waals surface area contributed by atoms with Crippen molar-refractivity contribution in [1.29, 1.82) is 0 Å². The first kappa shape index (κ1) is 15.7. The van der Waals surface area contributed by atoms with E-state index in [1.807, 2.05) is 12.1 Å². The third kappa shape index (κ3) is 3.51. The van der Waals surface area contributed by atoms with Crippen LogP contribution in [-0.2, 0) is 6.42 Å². The monoisotopic (exact) mass is 376 g/mol. The van der Waals surface area contributed by atoms with Gasteiger partial charge in [0.1, 0.15) is 5.82 Å². The summed E-state index contributed by atoms with van der Waals surface area (Å²) >= 11 is 15.6. The summed E-state index contributed by atoms with van der Waals surface area (Å²) in [6.07, 6.45) is 0.553. The quantitative estimate of drug-likeness (QED) is 0.601. The van der Waals surface area contributed by atoms with E-state index in [1.165, 1.54) is 12.1 Å². The number of hydrazine groups is 1. The van der Waals surface area contributed by atoms with Crippen LogP contribution >= 0.6 is 39.1 Å². The van der Waals surface area contributed by atoms with Gasteiger partial charge in [-0.15, -0.1) is 0 Å². The van der Waals surface area contributed by atoms with E-state index in [1.54, 1.807) is 12.1 Å². The van der Waals surface area contributed by atoms with E-state index in [0.717, 1.165) is 11.1 Å². The van der Waals surface area contributed by atoms with Crippen LogP contribution < -0.4 is 11.3 Å². The highest BCUT2D eigenvalue weighted by atomic mass is 79.9.